The summed E-state index contributed by atoms with van der Waals surface area (Å²) in [5.41, 5.74) is 5.02. The van der Waals surface area contributed by atoms with Crippen LogP contribution in [-0.4, -0.2) is 34.9 Å². The Morgan fingerprint density at radius 2 is 2.32 bits per heavy atom. The van der Waals surface area contributed by atoms with E-state index in [-0.39, 0.29) is 31.1 Å². The summed E-state index contributed by atoms with van der Waals surface area (Å²) in [5, 5.41) is 10.7. The third kappa shape index (κ3) is 2.59. The average Bonchev–Trinajstić information content (AvgIpc) is 2.36. The largest absolute Gasteiger partial charge is 0.477 e. The molecule has 0 unspecified atom stereocenters. The minimum Gasteiger partial charge on any atom is -0.477 e. The molecule has 1 aliphatic rings. The lowest BCUT2D eigenvalue weighted by Gasteiger charge is -2.24. The highest BCUT2D eigenvalue weighted by molar-refractivity contribution is 5.97. The fourth-order valence-corrected chi connectivity index (χ4v) is 1.62. The first kappa shape index (κ1) is 12.7. The molecule has 1 aliphatic heterocycles. The van der Waals surface area contributed by atoms with Gasteiger partial charge >= 0.3 is 5.82 Å². The summed E-state index contributed by atoms with van der Waals surface area (Å²) < 4.78 is 5.12. The van der Waals surface area contributed by atoms with Crippen LogP contribution in [0.15, 0.2) is 12.1 Å². The molecule has 0 bridgehead atoms. The van der Waals surface area contributed by atoms with Gasteiger partial charge in [-0.2, -0.15) is 0 Å². The normalized spacial score (nSPS) is 13.7. The maximum absolute atomic E-state index is 11.7. The van der Waals surface area contributed by atoms with Gasteiger partial charge in [-0.25, -0.2) is 0 Å². The Bertz CT molecular complexity index is 559. The van der Waals surface area contributed by atoms with Crippen molar-refractivity contribution in [3.8, 4) is 5.75 Å². The molecular weight excluding hydrogens is 256 g/mol. The van der Waals surface area contributed by atoms with Crippen LogP contribution in [0.2, 0.25) is 0 Å². The Balaban J connectivity index is 2.35. The van der Waals surface area contributed by atoms with Crippen molar-refractivity contribution < 1.29 is 19.2 Å². The third-order valence-corrected chi connectivity index (χ3v) is 2.50. The van der Waals surface area contributed by atoms with Gasteiger partial charge in [0, 0.05) is 19.0 Å². The summed E-state index contributed by atoms with van der Waals surface area (Å²) in [6, 6.07) is 2.55. The van der Waals surface area contributed by atoms with Crippen LogP contribution in [0.1, 0.15) is 6.42 Å². The molecule has 1 aromatic rings. The van der Waals surface area contributed by atoms with Gasteiger partial charge in [-0.15, -0.1) is 0 Å². The van der Waals surface area contributed by atoms with Gasteiger partial charge in [-0.3, -0.25) is 14.5 Å². The summed E-state index contributed by atoms with van der Waals surface area (Å²) in [7, 11) is 0. The third-order valence-electron chi connectivity index (χ3n) is 2.50. The van der Waals surface area contributed by atoms with E-state index in [9.17, 15) is 19.7 Å². The van der Waals surface area contributed by atoms with E-state index in [1.165, 1.54) is 12.1 Å². The van der Waals surface area contributed by atoms with E-state index in [4.69, 9.17) is 10.5 Å². The van der Waals surface area contributed by atoms with Crippen molar-refractivity contribution in [1.29, 1.82) is 0 Å². The number of rotatable bonds is 4. The van der Waals surface area contributed by atoms with E-state index in [2.05, 4.69) is 4.98 Å². The number of nitrogens with two attached hydrogens (primary N) is 1. The molecule has 9 nitrogen and oxygen atoms in total. The molecule has 0 fully saturated rings. The molecule has 0 spiro atoms. The molecule has 1 aromatic heterocycles. The quantitative estimate of drug-likeness (QED) is 0.582. The standard InChI is InChI=1S/C10H10N4O5/c11-7(15)3-4-13-9(16)5-19-6-1-2-8(14(17)18)12-10(6)13/h1-2H,3-5H2,(H2,11,15). The van der Waals surface area contributed by atoms with Crippen LogP contribution in [0.5, 0.6) is 5.75 Å². The van der Waals surface area contributed by atoms with E-state index in [0.717, 1.165) is 4.90 Å². The van der Waals surface area contributed by atoms with E-state index in [0.29, 0.717) is 0 Å². The zero-order chi connectivity index (χ0) is 14.0. The van der Waals surface area contributed by atoms with Gasteiger partial charge < -0.3 is 20.6 Å². The maximum Gasteiger partial charge on any atom is 0.366 e. The van der Waals surface area contributed by atoms with Gasteiger partial charge in [-0.1, -0.05) is 0 Å². The van der Waals surface area contributed by atoms with Gasteiger partial charge in [0.25, 0.3) is 11.7 Å². The highest BCUT2D eigenvalue weighted by atomic mass is 16.6. The number of pyridine rings is 1. The second-order valence-electron chi connectivity index (χ2n) is 3.80. The van der Waals surface area contributed by atoms with Gasteiger partial charge in [0.15, 0.2) is 12.4 Å². The molecule has 0 atom stereocenters. The zero-order valence-electron chi connectivity index (χ0n) is 9.74. The molecular formula is C10H10N4O5. The predicted molar refractivity (Wildman–Crippen MR) is 62.6 cm³/mol. The molecule has 2 N–H and O–H groups in total. The Morgan fingerprint density at radius 3 is 2.95 bits per heavy atom. The lowest BCUT2D eigenvalue weighted by atomic mass is 10.3. The van der Waals surface area contributed by atoms with E-state index >= 15 is 0 Å². The first-order valence-corrected chi connectivity index (χ1v) is 5.36. The Kier molecular flexibility index (Phi) is 3.27. The molecule has 0 aliphatic carbocycles. The predicted octanol–water partition coefficient (Wildman–Crippen LogP) is -0.409. The Labute approximate surface area is 107 Å². The van der Waals surface area contributed by atoms with E-state index in [1.54, 1.807) is 0 Å². The van der Waals surface area contributed by atoms with Crippen LogP contribution in [0, 0.1) is 10.1 Å². The van der Waals surface area contributed by atoms with Crippen LogP contribution < -0.4 is 15.4 Å². The summed E-state index contributed by atoms with van der Waals surface area (Å²) in [6.07, 6.45) is -0.0600. The molecule has 0 radical (unpaired) electrons. The number of aromatic nitrogens is 1. The van der Waals surface area contributed by atoms with E-state index in [1.807, 2.05) is 0 Å². The van der Waals surface area contributed by atoms with Crippen molar-refractivity contribution in [3.05, 3.63) is 22.2 Å². The summed E-state index contributed by atoms with van der Waals surface area (Å²) in [4.78, 5) is 37.4. The lowest BCUT2D eigenvalue weighted by Crippen LogP contribution is -2.41. The van der Waals surface area contributed by atoms with Crippen LogP contribution in [0.3, 0.4) is 0 Å². The second kappa shape index (κ2) is 4.88. The molecule has 2 rings (SSSR count). The van der Waals surface area contributed by atoms with Gasteiger partial charge in [0.1, 0.15) is 0 Å². The molecule has 19 heavy (non-hydrogen) atoms. The number of fused-ring (bicyclic) bond motifs is 1. The maximum atomic E-state index is 11.7. The average molecular weight is 266 g/mol. The molecule has 2 heterocycles. The van der Waals surface area contributed by atoms with Crippen LogP contribution >= 0.6 is 0 Å². The van der Waals surface area contributed by atoms with Crippen LogP contribution in [-0.2, 0) is 9.59 Å². The van der Waals surface area contributed by atoms with Gasteiger partial charge in [0.2, 0.25) is 5.91 Å². The highest BCUT2D eigenvalue weighted by Crippen LogP contribution is 2.31. The van der Waals surface area contributed by atoms with Crippen molar-refractivity contribution >= 4 is 23.5 Å². The Hall–Kier alpha value is -2.71. The first-order chi connectivity index (χ1) is 8.99. The van der Waals surface area contributed by atoms with Crippen LogP contribution in [0.4, 0.5) is 11.6 Å². The summed E-state index contributed by atoms with van der Waals surface area (Å²) in [5.74, 6) is -1.12. The fourth-order valence-electron chi connectivity index (χ4n) is 1.62. The summed E-state index contributed by atoms with van der Waals surface area (Å²) in [6.45, 7) is -0.191. The van der Waals surface area contributed by atoms with E-state index < -0.39 is 22.6 Å². The zero-order valence-corrected chi connectivity index (χ0v) is 9.74. The number of carbonyl (C=O) groups is 2. The van der Waals surface area contributed by atoms with Gasteiger partial charge in [-0.05, 0) is 16.0 Å². The highest BCUT2D eigenvalue weighted by Gasteiger charge is 2.32. The molecule has 0 saturated heterocycles. The molecule has 9 heteroatoms. The smallest absolute Gasteiger partial charge is 0.366 e. The SMILES string of the molecule is NC(=O)CCN1C(=O)COc2ccc([N+](=O)[O-])nc21. The van der Waals surface area contributed by atoms with Gasteiger partial charge in [0.05, 0.1) is 0 Å². The second-order valence-corrected chi connectivity index (χ2v) is 3.80. The van der Waals surface area contributed by atoms with Crippen molar-refractivity contribution in [2.45, 2.75) is 6.42 Å². The number of nitrogens with zero attached hydrogens (tertiary/aromatic N) is 3. The van der Waals surface area contributed by atoms with Crippen molar-refractivity contribution in [1.82, 2.24) is 4.98 Å². The first-order valence-electron chi connectivity index (χ1n) is 5.36. The number of hydrogen-bond donors (Lipinski definition) is 1. The number of primary amides is 1. The number of anilines is 1. The molecule has 2 amide bonds. The van der Waals surface area contributed by atoms with Crippen molar-refractivity contribution in [2.24, 2.45) is 5.73 Å². The molecule has 100 valence electrons. The monoisotopic (exact) mass is 266 g/mol. The van der Waals surface area contributed by atoms with Crippen molar-refractivity contribution in [2.75, 3.05) is 18.1 Å². The number of carbonyl (C=O) groups excluding carboxylic acids is 2. The fraction of sp³-hybridized carbons (Fsp3) is 0.300. The Morgan fingerprint density at radius 1 is 1.58 bits per heavy atom. The molecule has 0 saturated carbocycles. The lowest BCUT2D eigenvalue weighted by molar-refractivity contribution is -0.389. The number of nitro groups is 1. The van der Waals surface area contributed by atoms with Crippen molar-refractivity contribution in [3.63, 3.8) is 0 Å². The minimum absolute atomic E-state index is 0.0126. The molecule has 0 aromatic carbocycles. The minimum atomic E-state index is -0.675. The number of amides is 2. The number of hydrogen-bond acceptors (Lipinski definition) is 6. The van der Waals surface area contributed by atoms with Crippen LogP contribution in [0.25, 0.3) is 0 Å². The topological polar surface area (TPSA) is 129 Å². The number of ether oxygens (including phenoxy) is 1. The summed E-state index contributed by atoms with van der Waals surface area (Å²) >= 11 is 0.